The molecule has 0 spiro atoms. The summed E-state index contributed by atoms with van der Waals surface area (Å²) in [5.74, 6) is -1.62. The first-order chi connectivity index (χ1) is 16.1. The highest BCUT2D eigenvalue weighted by molar-refractivity contribution is 6.36. The number of alkyl halides is 3. The largest absolute Gasteiger partial charge is 0.471 e. The van der Waals surface area contributed by atoms with Crippen LogP contribution in [-0.2, 0) is 19.3 Å². The summed E-state index contributed by atoms with van der Waals surface area (Å²) in [6, 6.07) is 11.4. The van der Waals surface area contributed by atoms with Gasteiger partial charge >= 0.3 is 12.1 Å². The second kappa shape index (κ2) is 9.11. The van der Waals surface area contributed by atoms with Gasteiger partial charge < -0.3 is 14.7 Å². The van der Waals surface area contributed by atoms with Crippen LogP contribution in [0.5, 0.6) is 0 Å². The van der Waals surface area contributed by atoms with Gasteiger partial charge in [0.05, 0.1) is 0 Å². The SMILES string of the molecule is CN(Cc1ccc(-c2noc(C(F)(F)F)n2)cc1)c1c(NCc2c(Cl)cccc2Cl)c(=O)c1=O. The number of nitrogens with one attached hydrogen (secondary N) is 1. The first kappa shape index (κ1) is 23.8. The molecule has 1 heterocycles. The van der Waals surface area contributed by atoms with Gasteiger partial charge in [-0.3, -0.25) is 9.59 Å². The number of halogens is 5. The van der Waals surface area contributed by atoms with Gasteiger partial charge in [0.25, 0.3) is 10.9 Å². The molecule has 7 nitrogen and oxygen atoms in total. The molecule has 4 rings (SSSR count). The summed E-state index contributed by atoms with van der Waals surface area (Å²) in [4.78, 5) is 29.3. The Labute approximate surface area is 200 Å². The van der Waals surface area contributed by atoms with Gasteiger partial charge in [-0.05, 0) is 17.7 Å². The third kappa shape index (κ3) is 4.64. The zero-order valence-corrected chi connectivity index (χ0v) is 18.9. The van der Waals surface area contributed by atoms with E-state index in [-0.39, 0.29) is 30.3 Å². The van der Waals surface area contributed by atoms with Crippen LogP contribution in [0.3, 0.4) is 0 Å². The van der Waals surface area contributed by atoms with E-state index in [0.717, 1.165) is 5.56 Å². The standard InChI is InChI=1S/C22H15Cl2F3N4O3/c1-31(10-11-5-7-12(8-6-11)20-29-21(34-30-20)22(25,26)27)17-16(18(32)19(17)33)28-9-13-14(23)3-2-4-15(13)24/h2-8,28H,9-10H2,1H3. The van der Waals surface area contributed by atoms with Gasteiger partial charge in [-0.1, -0.05) is 58.7 Å². The quantitative estimate of drug-likeness (QED) is 0.353. The molecule has 0 aliphatic heterocycles. The molecule has 0 bridgehead atoms. The van der Waals surface area contributed by atoms with Crippen molar-refractivity contribution in [1.82, 2.24) is 10.1 Å². The molecule has 0 amide bonds. The van der Waals surface area contributed by atoms with Crippen LogP contribution >= 0.6 is 23.2 Å². The van der Waals surface area contributed by atoms with Crippen LogP contribution in [0.2, 0.25) is 10.0 Å². The highest BCUT2D eigenvalue weighted by Crippen LogP contribution is 2.30. The molecule has 0 aliphatic rings. The van der Waals surface area contributed by atoms with Crippen molar-refractivity contribution in [2.45, 2.75) is 19.3 Å². The van der Waals surface area contributed by atoms with Gasteiger partial charge in [0.2, 0.25) is 5.82 Å². The number of hydrogen-bond acceptors (Lipinski definition) is 7. The maximum atomic E-state index is 12.6. The summed E-state index contributed by atoms with van der Waals surface area (Å²) in [5.41, 5.74) is 0.768. The van der Waals surface area contributed by atoms with Crippen LogP contribution in [-0.4, -0.2) is 17.2 Å². The van der Waals surface area contributed by atoms with Gasteiger partial charge in [0, 0.05) is 41.3 Å². The van der Waals surface area contributed by atoms with Crippen molar-refractivity contribution in [3.05, 3.63) is 90.0 Å². The van der Waals surface area contributed by atoms with Crippen LogP contribution < -0.4 is 21.1 Å². The molecule has 4 aromatic rings. The summed E-state index contributed by atoms with van der Waals surface area (Å²) in [6.07, 6.45) is -4.72. The molecule has 0 atom stereocenters. The van der Waals surface area contributed by atoms with E-state index >= 15 is 0 Å². The first-order valence-electron chi connectivity index (χ1n) is 9.77. The number of aromatic nitrogens is 2. The molecule has 34 heavy (non-hydrogen) atoms. The van der Waals surface area contributed by atoms with Crippen LogP contribution in [0.4, 0.5) is 24.5 Å². The normalized spacial score (nSPS) is 11.7. The molecule has 0 saturated carbocycles. The molecule has 1 aromatic heterocycles. The first-order valence-corrected chi connectivity index (χ1v) is 10.5. The maximum Gasteiger partial charge on any atom is 0.471 e. The lowest BCUT2D eigenvalue weighted by molar-refractivity contribution is -0.159. The fourth-order valence-corrected chi connectivity index (χ4v) is 3.88. The van der Waals surface area contributed by atoms with Crippen molar-refractivity contribution in [1.29, 1.82) is 0 Å². The smallest absolute Gasteiger partial charge is 0.376 e. The summed E-state index contributed by atoms with van der Waals surface area (Å²) in [5, 5.41) is 7.14. The van der Waals surface area contributed by atoms with E-state index in [2.05, 4.69) is 20.0 Å². The number of benzene rings is 2. The van der Waals surface area contributed by atoms with Crippen LogP contribution in [0.25, 0.3) is 11.4 Å². The van der Waals surface area contributed by atoms with E-state index in [1.807, 2.05) is 0 Å². The predicted octanol–water partition coefficient (Wildman–Crippen LogP) is 4.91. The molecule has 3 aromatic carbocycles. The van der Waals surface area contributed by atoms with Gasteiger partial charge in [0.1, 0.15) is 11.4 Å². The molecule has 1 N–H and O–H groups in total. The third-order valence-corrected chi connectivity index (χ3v) is 5.78. The average molecular weight is 511 g/mol. The predicted molar refractivity (Wildman–Crippen MR) is 122 cm³/mol. The van der Waals surface area contributed by atoms with Crippen molar-refractivity contribution in [2.24, 2.45) is 0 Å². The van der Waals surface area contributed by atoms with Crippen molar-refractivity contribution in [3.8, 4) is 11.4 Å². The Morgan fingerprint density at radius 1 is 1.03 bits per heavy atom. The molecule has 0 aliphatic carbocycles. The molecule has 0 unspecified atom stereocenters. The van der Waals surface area contributed by atoms with Crippen molar-refractivity contribution in [3.63, 3.8) is 0 Å². The third-order valence-electron chi connectivity index (χ3n) is 5.07. The maximum absolute atomic E-state index is 12.6. The van der Waals surface area contributed by atoms with E-state index in [9.17, 15) is 22.8 Å². The van der Waals surface area contributed by atoms with Gasteiger partial charge in [-0.15, -0.1) is 0 Å². The summed E-state index contributed by atoms with van der Waals surface area (Å²) >= 11 is 12.3. The van der Waals surface area contributed by atoms with E-state index in [0.29, 0.717) is 21.2 Å². The van der Waals surface area contributed by atoms with Crippen LogP contribution in [0, 0.1) is 0 Å². The Morgan fingerprint density at radius 3 is 2.26 bits per heavy atom. The lowest BCUT2D eigenvalue weighted by Gasteiger charge is -2.24. The zero-order valence-electron chi connectivity index (χ0n) is 17.4. The fraction of sp³-hybridized carbons (Fsp3) is 0.182. The molecule has 12 heteroatoms. The number of hydrogen-bond donors (Lipinski definition) is 1. The van der Waals surface area contributed by atoms with E-state index in [1.54, 1.807) is 42.3 Å². The minimum absolute atomic E-state index is 0.156. The monoisotopic (exact) mass is 510 g/mol. The second-order valence-corrected chi connectivity index (χ2v) is 8.22. The Bertz CT molecular complexity index is 1390. The second-order valence-electron chi connectivity index (χ2n) is 7.41. The Morgan fingerprint density at radius 2 is 1.68 bits per heavy atom. The van der Waals surface area contributed by atoms with Crippen molar-refractivity contribution < 1.29 is 17.7 Å². The van der Waals surface area contributed by atoms with Crippen molar-refractivity contribution in [2.75, 3.05) is 17.3 Å². The van der Waals surface area contributed by atoms with Gasteiger partial charge in [-0.2, -0.15) is 18.2 Å². The van der Waals surface area contributed by atoms with Gasteiger partial charge in [0.15, 0.2) is 0 Å². The molecular weight excluding hydrogens is 496 g/mol. The zero-order chi connectivity index (χ0) is 24.6. The highest BCUT2D eigenvalue weighted by atomic mass is 35.5. The Hall–Kier alpha value is -3.37. The van der Waals surface area contributed by atoms with E-state index in [4.69, 9.17) is 23.2 Å². The number of nitrogens with zero attached hydrogens (tertiary/aromatic N) is 3. The summed E-state index contributed by atoms with van der Waals surface area (Å²) in [7, 11) is 1.65. The van der Waals surface area contributed by atoms with E-state index < -0.39 is 22.9 Å². The Kier molecular flexibility index (Phi) is 6.37. The average Bonchev–Trinajstić information content (AvgIpc) is 3.29. The summed E-state index contributed by atoms with van der Waals surface area (Å²) < 4.78 is 42.2. The van der Waals surface area contributed by atoms with E-state index in [1.165, 1.54) is 12.1 Å². The highest BCUT2D eigenvalue weighted by Gasteiger charge is 2.38. The lowest BCUT2D eigenvalue weighted by Crippen LogP contribution is -2.41. The summed E-state index contributed by atoms with van der Waals surface area (Å²) in [6.45, 7) is 0.413. The molecule has 0 radical (unpaired) electrons. The van der Waals surface area contributed by atoms with Gasteiger partial charge in [-0.25, -0.2) is 0 Å². The molecule has 0 fully saturated rings. The molecule has 0 saturated heterocycles. The lowest BCUT2D eigenvalue weighted by atomic mass is 10.1. The molecular formula is C22H15Cl2F3N4O3. The molecule has 176 valence electrons. The van der Waals surface area contributed by atoms with Crippen LogP contribution in [0.1, 0.15) is 17.0 Å². The Balaban J connectivity index is 1.47. The topological polar surface area (TPSA) is 88.3 Å². The minimum Gasteiger partial charge on any atom is -0.376 e. The van der Waals surface area contributed by atoms with Crippen molar-refractivity contribution >= 4 is 34.6 Å². The van der Waals surface area contributed by atoms with Crippen LogP contribution in [0.15, 0.2) is 56.6 Å². The number of rotatable bonds is 7. The fourth-order valence-electron chi connectivity index (χ4n) is 3.35. The minimum atomic E-state index is -4.72. The number of anilines is 2.